The smallest absolute Gasteiger partial charge is 0.385 e. The lowest BCUT2D eigenvalue weighted by Crippen LogP contribution is -2.26. The number of alkyl halides is 3. The summed E-state index contributed by atoms with van der Waals surface area (Å²) in [5.41, 5.74) is -0.744. The molecule has 0 aromatic carbocycles. The van der Waals surface area contributed by atoms with Crippen LogP contribution in [0.2, 0.25) is 0 Å². The summed E-state index contributed by atoms with van der Waals surface area (Å²) >= 11 is 4.47. The minimum atomic E-state index is -4.07. The molecule has 0 saturated heterocycles. The summed E-state index contributed by atoms with van der Waals surface area (Å²) in [7, 11) is 0. The standard InChI is InChI=1S/C8H9ClF2O3/c1-3-14-4-6(5(2)12)7(13)8(9,10)11/h4H,3H2,1-2H3/b6-4+. The van der Waals surface area contributed by atoms with Crippen LogP contribution in [0.15, 0.2) is 11.8 Å². The second kappa shape index (κ2) is 5.05. The molecule has 6 heteroatoms. The first-order valence-electron chi connectivity index (χ1n) is 3.75. The number of hydrogen-bond acceptors (Lipinski definition) is 3. The maximum absolute atomic E-state index is 12.3. The lowest BCUT2D eigenvalue weighted by molar-refractivity contribution is -0.131. The number of rotatable bonds is 5. The van der Waals surface area contributed by atoms with Crippen molar-refractivity contribution in [1.82, 2.24) is 0 Å². The molecular weight excluding hydrogens is 218 g/mol. The van der Waals surface area contributed by atoms with Gasteiger partial charge in [-0.1, -0.05) is 0 Å². The van der Waals surface area contributed by atoms with E-state index in [0.717, 1.165) is 6.92 Å². The van der Waals surface area contributed by atoms with E-state index < -0.39 is 22.5 Å². The number of ether oxygens (including phenoxy) is 1. The molecule has 0 aromatic heterocycles. The van der Waals surface area contributed by atoms with E-state index in [2.05, 4.69) is 16.3 Å². The topological polar surface area (TPSA) is 43.4 Å². The van der Waals surface area contributed by atoms with Crippen molar-refractivity contribution in [2.45, 2.75) is 19.2 Å². The number of hydrogen-bond donors (Lipinski definition) is 0. The van der Waals surface area contributed by atoms with E-state index in [1.54, 1.807) is 6.92 Å². The highest BCUT2D eigenvalue weighted by Crippen LogP contribution is 2.24. The third-order valence-corrected chi connectivity index (χ3v) is 1.42. The molecule has 0 unspecified atom stereocenters. The van der Waals surface area contributed by atoms with Gasteiger partial charge in [-0.3, -0.25) is 9.59 Å². The highest BCUT2D eigenvalue weighted by Gasteiger charge is 2.39. The van der Waals surface area contributed by atoms with Gasteiger partial charge >= 0.3 is 5.38 Å². The van der Waals surface area contributed by atoms with Crippen molar-refractivity contribution in [1.29, 1.82) is 0 Å². The zero-order valence-electron chi connectivity index (χ0n) is 7.64. The molecule has 0 aliphatic rings. The van der Waals surface area contributed by atoms with Crippen molar-refractivity contribution in [3.8, 4) is 0 Å². The maximum atomic E-state index is 12.3. The largest absolute Gasteiger partial charge is 0.501 e. The van der Waals surface area contributed by atoms with Crippen LogP contribution in [0.4, 0.5) is 8.78 Å². The van der Waals surface area contributed by atoms with Gasteiger partial charge in [0, 0.05) is 0 Å². The Kier molecular flexibility index (Phi) is 4.70. The Morgan fingerprint density at radius 1 is 1.50 bits per heavy atom. The van der Waals surface area contributed by atoms with Gasteiger partial charge in [0.15, 0.2) is 5.78 Å². The molecule has 0 aliphatic carbocycles. The number of carbonyl (C=O) groups is 2. The van der Waals surface area contributed by atoms with Gasteiger partial charge in [0.1, 0.15) is 5.57 Å². The SMILES string of the molecule is CCO/C=C(\C(C)=O)C(=O)C(F)(F)Cl. The molecule has 0 aromatic rings. The first-order chi connectivity index (χ1) is 6.30. The van der Waals surface area contributed by atoms with Crippen LogP contribution in [0, 0.1) is 0 Å². The van der Waals surface area contributed by atoms with Crippen LogP contribution in [0.25, 0.3) is 0 Å². The van der Waals surface area contributed by atoms with Crippen LogP contribution >= 0.6 is 11.6 Å². The molecular formula is C8H9ClF2O3. The second-order valence-electron chi connectivity index (χ2n) is 2.37. The van der Waals surface area contributed by atoms with Crippen molar-refractivity contribution in [3.63, 3.8) is 0 Å². The van der Waals surface area contributed by atoms with Gasteiger partial charge in [0.25, 0.3) is 5.78 Å². The van der Waals surface area contributed by atoms with Crippen LogP contribution in [0.3, 0.4) is 0 Å². The molecule has 0 heterocycles. The molecule has 0 rings (SSSR count). The number of ketones is 2. The summed E-state index contributed by atoms with van der Waals surface area (Å²) in [5.74, 6) is -2.57. The summed E-state index contributed by atoms with van der Waals surface area (Å²) in [6.07, 6.45) is 0.695. The first-order valence-corrected chi connectivity index (χ1v) is 4.12. The normalized spacial score (nSPS) is 12.5. The minimum absolute atomic E-state index is 0.165. The lowest BCUT2D eigenvalue weighted by Gasteiger charge is -2.07. The quantitative estimate of drug-likeness (QED) is 0.236. The summed E-state index contributed by atoms with van der Waals surface area (Å²) in [6, 6.07) is 0. The van der Waals surface area contributed by atoms with Crippen molar-refractivity contribution in [2.75, 3.05) is 6.61 Å². The third kappa shape index (κ3) is 3.83. The maximum Gasteiger partial charge on any atom is 0.385 e. The Morgan fingerprint density at radius 3 is 2.29 bits per heavy atom. The van der Waals surface area contributed by atoms with Crippen LogP contribution in [0.1, 0.15) is 13.8 Å². The van der Waals surface area contributed by atoms with Crippen LogP contribution in [0.5, 0.6) is 0 Å². The van der Waals surface area contributed by atoms with Gasteiger partial charge in [0.05, 0.1) is 12.9 Å². The van der Waals surface area contributed by atoms with Crippen molar-refractivity contribution < 1.29 is 23.1 Å². The summed E-state index contributed by atoms with van der Waals surface area (Å²) in [6.45, 7) is 2.72. The van der Waals surface area contributed by atoms with Gasteiger partial charge < -0.3 is 4.74 Å². The van der Waals surface area contributed by atoms with Crippen molar-refractivity contribution >= 4 is 23.2 Å². The number of Topliss-reactive ketones (excluding diaryl/α,β-unsaturated/α-hetero) is 2. The molecule has 0 fully saturated rings. The van der Waals surface area contributed by atoms with Gasteiger partial charge in [-0.15, -0.1) is 0 Å². The third-order valence-electron chi connectivity index (χ3n) is 1.25. The van der Waals surface area contributed by atoms with Gasteiger partial charge in [-0.25, -0.2) is 0 Å². The molecule has 0 amide bonds. The van der Waals surface area contributed by atoms with E-state index in [-0.39, 0.29) is 6.61 Å². The highest BCUT2D eigenvalue weighted by atomic mass is 35.5. The fraction of sp³-hybridized carbons (Fsp3) is 0.500. The molecule has 0 bridgehead atoms. The molecule has 0 aliphatic heterocycles. The highest BCUT2D eigenvalue weighted by molar-refractivity contribution is 6.39. The van der Waals surface area contributed by atoms with E-state index in [0.29, 0.717) is 6.26 Å². The van der Waals surface area contributed by atoms with Crippen LogP contribution in [-0.4, -0.2) is 23.6 Å². The Balaban J connectivity index is 4.86. The average molecular weight is 227 g/mol. The van der Waals surface area contributed by atoms with E-state index in [9.17, 15) is 18.4 Å². The van der Waals surface area contributed by atoms with Crippen molar-refractivity contribution in [2.24, 2.45) is 0 Å². The molecule has 3 nitrogen and oxygen atoms in total. The van der Waals surface area contributed by atoms with Gasteiger partial charge in [0.2, 0.25) is 0 Å². The minimum Gasteiger partial charge on any atom is -0.501 e. The fourth-order valence-corrected chi connectivity index (χ4v) is 0.718. The van der Waals surface area contributed by atoms with Gasteiger partial charge in [-0.2, -0.15) is 8.78 Å². The van der Waals surface area contributed by atoms with E-state index >= 15 is 0 Å². The number of allylic oxidation sites excluding steroid dienone is 1. The zero-order chi connectivity index (χ0) is 11.4. The Morgan fingerprint density at radius 2 is 2.00 bits per heavy atom. The lowest BCUT2D eigenvalue weighted by atomic mass is 10.1. The molecule has 0 saturated carbocycles. The van der Waals surface area contributed by atoms with Crippen LogP contribution in [-0.2, 0) is 14.3 Å². The Bertz CT molecular complexity index is 268. The van der Waals surface area contributed by atoms with E-state index in [1.165, 1.54) is 0 Å². The predicted molar refractivity (Wildman–Crippen MR) is 46.2 cm³/mol. The summed E-state index contributed by atoms with van der Waals surface area (Å²) in [5, 5.41) is -4.07. The number of halogens is 3. The molecule has 0 atom stereocenters. The molecule has 0 radical (unpaired) electrons. The summed E-state index contributed by atoms with van der Waals surface area (Å²) in [4.78, 5) is 21.6. The molecule has 0 N–H and O–H groups in total. The van der Waals surface area contributed by atoms with Crippen molar-refractivity contribution in [3.05, 3.63) is 11.8 Å². The fourth-order valence-electron chi connectivity index (χ4n) is 0.616. The second-order valence-corrected chi connectivity index (χ2v) is 2.84. The Labute approximate surface area is 84.7 Å². The van der Waals surface area contributed by atoms with Crippen LogP contribution < -0.4 is 0 Å². The number of carbonyl (C=O) groups excluding carboxylic acids is 2. The first kappa shape index (κ1) is 13.0. The van der Waals surface area contributed by atoms with Gasteiger partial charge in [-0.05, 0) is 25.4 Å². The predicted octanol–water partition coefficient (Wildman–Crippen LogP) is 1.90. The summed E-state index contributed by atoms with van der Waals surface area (Å²) < 4.78 is 29.2. The molecule has 80 valence electrons. The average Bonchev–Trinajstić information content (AvgIpc) is 2.02. The molecule has 0 spiro atoms. The zero-order valence-corrected chi connectivity index (χ0v) is 8.40. The van der Waals surface area contributed by atoms with E-state index in [1.807, 2.05) is 0 Å². The van der Waals surface area contributed by atoms with E-state index in [4.69, 9.17) is 0 Å². The Hall–Kier alpha value is -0.970. The molecule has 14 heavy (non-hydrogen) atoms. The monoisotopic (exact) mass is 226 g/mol.